The number of ketones is 1. The van der Waals surface area contributed by atoms with Crippen molar-refractivity contribution in [1.29, 1.82) is 0 Å². The summed E-state index contributed by atoms with van der Waals surface area (Å²) in [5.41, 5.74) is 0.143. The number of benzene rings is 2. The average Bonchev–Trinajstić information content (AvgIpc) is 2.54. The van der Waals surface area contributed by atoms with Crippen molar-refractivity contribution in [2.45, 2.75) is 0 Å². The van der Waals surface area contributed by atoms with E-state index in [4.69, 9.17) is 9.15 Å². The molecule has 0 aliphatic carbocycles. The van der Waals surface area contributed by atoms with Gasteiger partial charge in [0.1, 0.15) is 5.56 Å². The van der Waals surface area contributed by atoms with Crippen molar-refractivity contribution in [2.75, 3.05) is 7.11 Å². The lowest BCUT2D eigenvalue weighted by atomic mass is 10.0. The number of methoxy groups -OCH3 is 1. The molecule has 4 nitrogen and oxygen atoms in total. The summed E-state index contributed by atoms with van der Waals surface area (Å²) in [7, 11) is 1.50. The second-order valence-electron chi connectivity index (χ2n) is 4.52. The number of carbonyl (C=O) groups excluding carboxylic acids is 1. The Balaban J connectivity index is 2.19. The summed E-state index contributed by atoms with van der Waals surface area (Å²) >= 11 is 0. The molecule has 0 saturated carbocycles. The summed E-state index contributed by atoms with van der Waals surface area (Å²) in [5.74, 6) is 0.109. The second-order valence-corrected chi connectivity index (χ2v) is 4.52. The first-order valence-corrected chi connectivity index (χ1v) is 6.41. The highest BCUT2D eigenvalue weighted by molar-refractivity contribution is 6.09. The molecule has 0 aliphatic rings. The van der Waals surface area contributed by atoms with Crippen LogP contribution in [0.5, 0.6) is 5.75 Å². The van der Waals surface area contributed by atoms with E-state index >= 15 is 0 Å². The van der Waals surface area contributed by atoms with Crippen molar-refractivity contribution in [3.8, 4) is 5.75 Å². The fraction of sp³-hybridized carbons (Fsp3) is 0.0588. The molecule has 2 aromatic carbocycles. The van der Waals surface area contributed by atoms with Crippen LogP contribution >= 0.6 is 0 Å². The number of carbonyl (C=O) groups is 1. The average molecular weight is 280 g/mol. The van der Waals surface area contributed by atoms with Crippen molar-refractivity contribution in [1.82, 2.24) is 0 Å². The first-order valence-electron chi connectivity index (χ1n) is 6.41. The Morgan fingerprint density at radius 2 is 1.81 bits per heavy atom. The summed E-state index contributed by atoms with van der Waals surface area (Å²) in [5, 5.41) is 0.647. The van der Waals surface area contributed by atoms with E-state index in [9.17, 15) is 9.59 Å². The topological polar surface area (TPSA) is 56.5 Å². The maximum Gasteiger partial charge on any atom is 0.347 e. The Kier molecular flexibility index (Phi) is 3.28. The predicted octanol–water partition coefficient (Wildman–Crippen LogP) is 3.03. The Bertz CT molecular complexity index is 863. The molecule has 3 aromatic rings. The molecular weight excluding hydrogens is 268 g/mol. The fourth-order valence-corrected chi connectivity index (χ4v) is 2.18. The summed E-state index contributed by atoms with van der Waals surface area (Å²) in [6.07, 6.45) is 0. The highest BCUT2D eigenvalue weighted by atomic mass is 16.5. The summed E-state index contributed by atoms with van der Waals surface area (Å²) < 4.78 is 10.4. The molecule has 4 heteroatoms. The highest BCUT2D eigenvalue weighted by Gasteiger charge is 2.16. The summed E-state index contributed by atoms with van der Waals surface area (Å²) in [4.78, 5) is 24.4. The van der Waals surface area contributed by atoms with Crippen LogP contribution in [0.25, 0.3) is 11.0 Å². The lowest BCUT2D eigenvalue weighted by molar-refractivity contribution is 0.103. The van der Waals surface area contributed by atoms with Crippen LogP contribution in [-0.2, 0) is 0 Å². The number of para-hydroxylation sites is 1. The maximum absolute atomic E-state index is 12.4. The lowest BCUT2D eigenvalue weighted by Crippen LogP contribution is -2.14. The van der Waals surface area contributed by atoms with Crippen molar-refractivity contribution in [3.63, 3.8) is 0 Å². The van der Waals surface area contributed by atoms with E-state index in [2.05, 4.69) is 0 Å². The second kappa shape index (κ2) is 5.25. The van der Waals surface area contributed by atoms with E-state index < -0.39 is 5.63 Å². The highest BCUT2D eigenvalue weighted by Crippen LogP contribution is 2.24. The van der Waals surface area contributed by atoms with Crippen LogP contribution in [-0.4, -0.2) is 12.9 Å². The summed E-state index contributed by atoms with van der Waals surface area (Å²) in [6, 6.07) is 15.4. The minimum atomic E-state index is -0.666. The third-order valence-corrected chi connectivity index (χ3v) is 3.22. The van der Waals surface area contributed by atoms with Crippen molar-refractivity contribution >= 4 is 16.8 Å². The van der Waals surface area contributed by atoms with E-state index in [-0.39, 0.29) is 11.3 Å². The van der Waals surface area contributed by atoms with Crippen LogP contribution in [0.1, 0.15) is 15.9 Å². The van der Waals surface area contributed by atoms with Crippen LogP contribution < -0.4 is 10.4 Å². The van der Waals surface area contributed by atoms with Gasteiger partial charge in [-0.05, 0) is 12.1 Å². The number of ether oxygens (including phenoxy) is 1. The molecule has 0 saturated heterocycles. The molecule has 0 N–H and O–H groups in total. The van der Waals surface area contributed by atoms with Gasteiger partial charge in [-0.15, -0.1) is 0 Å². The zero-order chi connectivity index (χ0) is 14.8. The molecule has 104 valence electrons. The van der Waals surface area contributed by atoms with Crippen LogP contribution in [0.3, 0.4) is 0 Å². The third kappa shape index (κ3) is 2.31. The number of hydrogen-bond donors (Lipinski definition) is 0. The summed E-state index contributed by atoms with van der Waals surface area (Å²) in [6.45, 7) is 0. The van der Waals surface area contributed by atoms with Gasteiger partial charge in [0.15, 0.2) is 17.1 Å². The number of fused-ring (bicyclic) bond motifs is 1. The molecule has 0 fully saturated rings. The lowest BCUT2D eigenvalue weighted by Gasteiger charge is -2.05. The molecule has 0 unspecified atom stereocenters. The largest absolute Gasteiger partial charge is 0.493 e. The Morgan fingerprint density at radius 3 is 2.52 bits per heavy atom. The van der Waals surface area contributed by atoms with Gasteiger partial charge < -0.3 is 9.15 Å². The first-order chi connectivity index (χ1) is 10.2. The molecule has 0 atom stereocenters. The molecule has 0 radical (unpaired) electrons. The van der Waals surface area contributed by atoms with Crippen LogP contribution in [0.15, 0.2) is 63.8 Å². The molecule has 1 aromatic heterocycles. The predicted molar refractivity (Wildman–Crippen MR) is 78.9 cm³/mol. The Morgan fingerprint density at radius 1 is 1.05 bits per heavy atom. The molecule has 0 bridgehead atoms. The first kappa shape index (κ1) is 13.1. The fourth-order valence-electron chi connectivity index (χ4n) is 2.18. The van der Waals surface area contributed by atoms with Crippen LogP contribution in [0.4, 0.5) is 0 Å². The van der Waals surface area contributed by atoms with E-state index in [1.54, 1.807) is 48.5 Å². The molecule has 0 amide bonds. The van der Waals surface area contributed by atoms with E-state index in [0.717, 1.165) is 0 Å². The van der Waals surface area contributed by atoms with Gasteiger partial charge in [0.2, 0.25) is 0 Å². The van der Waals surface area contributed by atoms with Gasteiger partial charge in [0.25, 0.3) is 0 Å². The van der Waals surface area contributed by atoms with Gasteiger partial charge in [-0.25, -0.2) is 4.79 Å². The minimum absolute atomic E-state index is 0.0157. The SMILES string of the molecule is COc1cccc2cc(C(=O)c3ccccc3)c(=O)oc12. The van der Waals surface area contributed by atoms with Gasteiger partial charge in [-0.2, -0.15) is 0 Å². The molecular formula is C17H12O4. The van der Waals surface area contributed by atoms with Crippen molar-refractivity contribution in [3.05, 3.63) is 76.1 Å². The normalized spacial score (nSPS) is 10.5. The molecule has 0 aliphatic heterocycles. The van der Waals surface area contributed by atoms with Gasteiger partial charge in [0, 0.05) is 10.9 Å². The van der Waals surface area contributed by atoms with Crippen LogP contribution in [0, 0.1) is 0 Å². The third-order valence-electron chi connectivity index (χ3n) is 3.22. The Labute approximate surface area is 120 Å². The monoisotopic (exact) mass is 280 g/mol. The minimum Gasteiger partial charge on any atom is -0.493 e. The smallest absolute Gasteiger partial charge is 0.347 e. The van der Waals surface area contributed by atoms with E-state index in [1.807, 2.05) is 6.07 Å². The quantitative estimate of drug-likeness (QED) is 0.546. The van der Waals surface area contributed by atoms with Crippen molar-refractivity contribution in [2.24, 2.45) is 0 Å². The maximum atomic E-state index is 12.4. The Hall–Kier alpha value is -2.88. The number of rotatable bonds is 3. The number of hydrogen-bond acceptors (Lipinski definition) is 4. The standard InChI is InChI=1S/C17H12O4/c1-20-14-9-5-8-12-10-13(17(19)21-16(12)14)15(18)11-6-3-2-4-7-11/h2-10H,1H3. The zero-order valence-electron chi connectivity index (χ0n) is 11.3. The molecule has 0 spiro atoms. The van der Waals surface area contributed by atoms with E-state index in [0.29, 0.717) is 22.3 Å². The van der Waals surface area contributed by atoms with Crippen LogP contribution in [0.2, 0.25) is 0 Å². The van der Waals surface area contributed by atoms with Gasteiger partial charge in [-0.1, -0.05) is 42.5 Å². The molecule has 21 heavy (non-hydrogen) atoms. The zero-order valence-corrected chi connectivity index (χ0v) is 11.3. The van der Waals surface area contributed by atoms with Gasteiger partial charge >= 0.3 is 5.63 Å². The molecule has 3 rings (SSSR count). The molecule has 1 heterocycles. The van der Waals surface area contributed by atoms with Crippen molar-refractivity contribution < 1.29 is 13.9 Å². The van der Waals surface area contributed by atoms with E-state index in [1.165, 1.54) is 7.11 Å². The van der Waals surface area contributed by atoms with Gasteiger partial charge in [0.05, 0.1) is 7.11 Å². The van der Waals surface area contributed by atoms with Gasteiger partial charge in [-0.3, -0.25) is 4.79 Å².